The van der Waals surface area contributed by atoms with Crippen LogP contribution < -0.4 is 10.1 Å². The molecular weight excluding hydrogens is 367 g/mol. The van der Waals surface area contributed by atoms with Gasteiger partial charge in [-0.3, -0.25) is 9.48 Å². The van der Waals surface area contributed by atoms with Crippen molar-refractivity contribution in [1.29, 1.82) is 0 Å². The second-order valence-electron chi connectivity index (χ2n) is 5.54. The van der Waals surface area contributed by atoms with Crippen LogP contribution in [-0.4, -0.2) is 33.1 Å². The number of aromatic nitrogens is 2. The molecule has 0 saturated heterocycles. The minimum atomic E-state index is -4.80. The predicted molar refractivity (Wildman–Crippen MR) is 88.8 cm³/mol. The van der Waals surface area contributed by atoms with E-state index >= 15 is 0 Å². The highest BCUT2D eigenvalue weighted by Gasteiger charge is 2.31. The van der Waals surface area contributed by atoms with Gasteiger partial charge < -0.3 is 15.2 Å². The van der Waals surface area contributed by atoms with Crippen molar-refractivity contribution in [1.82, 2.24) is 9.78 Å². The molecule has 0 saturated carbocycles. The van der Waals surface area contributed by atoms with Crippen LogP contribution >= 0.6 is 0 Å². The summed E-state index contributed by atoms with van der Waals surface area (Å²) in [6.07, 6.45) is -4.80. The summed E-state index contributed by atoms with van der Waals surface area (Å²) < 4.78 is 41.6. The highest BCUT2D eigenvalue weighted by molar-refractivity contribution is 6.11. The first-order valence-electron chi connectivity index (χ1n) is 7.51. The number of alkyl halides is 3. The quantitative estimate of drug-likeness (QED) is 0.725. The lowest BCUT2D eigenvalue weighted by molar-refractivity contribution is -0.274. The summed E-state index contributed by atoms with van der Waals surface area (Å²) >= 11 is 0. The number of rotatable bonds is 4. The Balaban J connectivity index is 1.83. The van der Waals surface area contributed by atoms with Gasteiger partial charge in [0.2, 0.25) is 0 Å². The normalized spacial score (nSPS) is 11.4. The number of nitrogens with one attached hydrogen (secondary N) is 1. The summed E-state index contributed by atoms with van der Waals surface area (Å²) in [4.78, 5) is 23.5. The molecule has 2 N–H and O–H groups in total. The van der Waals surface area contributed by atoms with Crippen LogP contribution in [0.2, 0.25) is 0 Å². The Bertz CT molecular complexity index is 1030. The number of anilines is 1. The zero-order valence-electron chi connectivity index (χ0n) is 13.7. The van der Waals surface area contributed by atoms with Gasteiger partial charge in [-0.25, -0.2) is 4.79 Å². The molecule has 0 fully saturated rings. The molecule has 0 spiro atoms. The molecule has 0 atom stereocenters. The van der Waals surface area contributed by atoms with E-state index in [0.717, 1.165) is 12.1 Å². The molecule has 10 heteroatoms. The number of carbonyl (C=O) groups is 2. The molecule has 0 radical (unpaired) electrons. The molecular formula is C17H12F3N3O4. The third-order valence-corrected chi connectivity index (χ3v) is 3.66. The zero-order chi connectivity index (χ0) is 19.8. The van der Waals surface area contributed by atoms with E-state index in [2.05, 4.69) is 15.2 Å². The van der Waals surface area contributed by atoms with Gasteiger partial charge in [0.1, 0.15) is 5.75 Å². The van der Waals surface area contributed by atoms with Crippen molar-refractivity contribution in [3.63, 3.8) is 0 Å². The lowest BCUT2D eigenvalue weighted by atomic mass is 10.1. The van der Waals surface area contributed by atoms with Crippen LogP contribution in [0.1, 0.15) is 20.8 Å². The molecule has 27 heavy (non-hydrogen) atoms. The molecule has 1 heterocycles. The van der Waals surface area contributed by atoms with Crippen molar-refractivity contribution >= 4 is 28.5 Å². The summed E-state index contributed by atoms with van der Waals surface area (Å²) in [5.74, 6) is -2.11. The fourth-order valence-corrected chi connectivity index (χ4v) is 2.49. The predicted octanol–water partition coefficient (Wildman–Crippen LogP) is 3.42. The third-order valence-electron chi connectivity index (χ3n) is 3.66. The van der Waals surface area contributed by atoms with Gasteiger partial charge in [-0.2, -0.15) is 5.10 Å². The van der Waals surface area contributed by atoms with Crippen LogP contribution in [0.25, 0.3) is 10.9 Å². The van der Waals surface area contributed by atoms with Crippen LogP contribution in [-0.2, 0) is 7.05 Å². The van der Waals surface area contributed by atoms with Gasteiger partial charge in [0.25, 0.3) is 5.91 Å². The Hall–Kier alpha value is -3.56. The zero-order valence-corrected chi connectivity index (χ0v) is 13.7. The second kappa shape index (κ2) is 6.63. The molecule has 7 nitrogen and oxygen atoms in total. The lowest BCUT2D eigenvalue weighted by Gasteiger charge is -2.09. The Morgan fingerprint density at radius 3 is 2.41 bits per heavy atom. The van der Waals surface area contributed by atoms with E-state index < -0.39 is 24.0 Å². The number of aromatic carboxylic acids is 1. The number of hydrogen-bond donors (Lipinski definition) is 2. The lowest BCUT2D eigenvalue weighted by Crippen LogP contribution is -2.17. The van der Waals surface area contributed by atoms with E-state index in [1.807, 2.05) is 0 Å². The van der Waals surface area contributed by atoms with Gasteiger partial charge in [0.05, 0.1) is 11.1 Å². The monoisotopic (exact) mass is 379 g/mol. The average molecular weight is 379 g/mol. The highest BCUT2D eigenvalue weighted by atomic mass is 19.4. The number of hydrogen-bond acceptors (Lipinski definition) is 4. The van der Waals surface area contributed by atoms with Gasteiger partial charge in [-0.1, -0.05) is 0 Å². The number of fused-ring (bicyclic) bond motifs is 1. The van der Waals surface area contributed by atoms with Crippen molar-refractivity contribution in [2.45, 2.75) is 6.36 Å². The molecule has 1 amide bonds. The van der Waals surface area contributed by atoms with E-state index in [9.17, 15) is 22.8 Å². The minimum absolute atomic E-state index is 0.0534. The van der Waals surface area contributed by atoms with Crippen LogP contribution in [0.3, 0.4) is 0 Å². The number of aryl methyl sites for hydroxylation is 1. The maximum Gasteiger partial charge on any atom is 0.573 e. The number of ether oxygens (including phenoxy) is 1. The minimum Gasteiger partial charge on any atom is -0.478 e. The van der Waals surface area contributed by atoms with Crippen LogP contribution in [0, 0.1) is 0 Å². The van der Waals surface area contributed by atoms with E-state index in [1.165, 1.54) is 35.0 Å². The van der Waals surface area contributed by atoms with Crippen molar-refractivity contribution in [2.75, 3.05) is 5.32 Å². The summed E-state index contributed by atoms with van der Waals surface area (Å²) in [6.45, 7) is 0. The maximum atomic E-state index is 12.5. The molecule has 0 unspecified atom stereocenters. The number of carboxylic acids is 1. The summed E-state index contributed by atoms with van der Waals surface area (Å²) in [5, 5.41) is 16.1. The molecule has 140 valence electrons. The van der Waals surface area contributed by atoms with Crippen LogP contribution in [0.4, 0.5) is 18.9 Å². The third kappa shape index (κ3) is 4.00. The first-order valence-corrected chi connectivity index (χ1v) is 7.51. The first kappa shape index (κ1) is 18.2. The molecule has 3 rings (SSSR count). The van der Waals surface area contributed by atoms with E-state index in [4.69, 9.17) is 5.11 Å². The molecule has 1 aromatic heterocycles. The summed E-state index contributed by atoms with van der Waals surface area (Å²) in [7, 11) is 1.56. The topological polar surface area (TPSA) is 93.5 Å². The van der Waals surface area contributed by atoms with Gasteiger partial charge in [-0.15, -0.1) is 13.2 Å². The second-order valence-corrected chi connectivity index (χ2v) is 5.54. The number of carboxylic acid groups (broad SMARTS) is 1. The molecule has 3 aromatic rings. The van der Waals surface area contributed by atoms with Gasteiger partial charge >= 0.3 is 12.3 Å². The SMILES string of the molecule is Cn1nc(C(=O)Nc2ccc(OC(F)(F)F)cc2)c2ccc(C(=O)O)cc21. The number of benzene rings is 2. The van der Waals surface area contributed by atoms with E-state index in [0.29, 0.717) is 10.9 Å². The molecule has 0 aliphatic heterocycles. The van der Waals surface area contributed by atoms with E-state index in [-0.39, 0.29) is 16.9 Å². The summed E-state index contributed by atoms with van der Waals surface area (Å²) in [6, 6.07) is 8.87. The number of carbonyl (C=O) groups excluding carboxylic acids is 1. The highest BCUT2D eigenvalue weighted by Crippen LogP contribution is 2.25. The smallest absolute Gasteiger partial charge is 0.478 e. The first-order chi connectivity index (χ1) is 12.6. The van der Waals surface area contributed by atoms with Gasteiger partial charge in [0, 0.05) is 18.1 Å². The van der Waals surface area contributed by atoms with Crippen LogP contribution in [0.15, 0.2) is 42.5 Å². The fraction of sp³-hybridized carbons (Fsp3) is 0.118. The molecule has 0 aliphatic rings. The van der Waals surface area contributed by atoms with Crippen LogP contribution in [0.5, 0.6) is 5.75 Å². The molecule has 0 aliphatic carbocycles. The Morgan fingerprint density at radius 2 is 1.81 bits per heavy atom. The average Bonchev–Trinajstić information content (AvgIpc) is 2.92. The van der Waals surface area contributed by atoms with Crippen molar-refractivity contribution in [3.05, 3.63) is 53.7 Å². The fourth-order valence-electron chi connectivity index (χ4n) is 2.49. The van der Waals surface area contributed by atoms with Gasteiger partial charge in [-0.05, 0) is 42.5 Å². The largest absolute Gasteiger partial charge is 0.573 e. The van der Waals surface area contributed by atoms with E-state index in [1.54, 1.807) is 7.05 Å². The Morgan fingerprint density at radius 1 is 1.15 bits per heavy atom. The summed E-state index contributed by atoms with van der Waals surface area (Å²) in [5.41, 5.74) is 0.808. The number of nitrogens with zero attached hydrogens (tertiary/aromatic N) is 2. The number of halogens is 3. The number of amides is 1. The Labute approximate surface area is 150 Å². The Kier molecular flexibility index (Phi) is 4.48. The van der Waals surface area contributed by atoms with Crippen molar-refractivity contribution in [3.8, 4) is 5.75 Å². The van der Waals surface area contributed by atoms with Gasteiger partial charge in [0.15, 0.2) is 5.69 Å². The van der Waals surface area contributed by atoms with Crippen molar-refractivity contribution in [2.24, 2.45) is 7.05 Å². The standard InChI is InChI=1S/C17H12F3N3O4/c1-23-13-8-9(16(25)26)2-7-12(13)14(22-23)15(24)21-10-3-5-11(6-4-10)27-17(18,19)20/h2-8H,1H3,(H,21,24)(H,25,26). The van der Waals surface area contributed by atoms with Crippen molar-refractivity contribution < 1.29 is 32.6 Å². The maximum absolute atomic E-state index is 12.5. The molecule has 0 bridgehead atoms. The molecule has 2 aromatic carbocycles.